The summed E-state index contributed by atoms with van der Waals surface area (Å²) in [7, 11) is 0. The second-order valence-electron chi connectivity index (χ2n) is 6.47. The number of nitrogens with zero attached hydrogens (tertiary/aromatic N) is 4. The topological polar surface area (TPSA) is 77.3 Å². The summed E-state index contributed by atoms with van der Waals surface area (Å²) < 4.78 is 7.12. The van der Waals surface area contributed by atoms with Gasteiger partial charge in [-0.15, -0.1) is 21.5 Å². The highest BCUT2D eigenvalue weighted by atomic mass is 32.2. The van der Waals surface area contributed by atoms with E-state index in [0.29, 0.717) is 11.7 Å². The fourth-order valence-electron chi connectivity index (χ4n) is 2.82. The van der Waals surface area contributed by atoms with Crippen LogP contribution in [0.15, 0.2) is 22.7 Å². The predicted molar refractivity (Wildman–Crippen MR) is 108 cm³/mol. The fourth-order valence-corrected chi connectivity index (χ4v) is 4.34. The van der Waals surface area contributed by atoms with Crippen molar-refractivity contribution in [3.63, 3.8) is 0 Å². The first-order valence-corrected chi connectivity index (χ1v) is 10.8. The van der Waals surface area contributed by atoms with E-state index in [-0.39, 0.29) is 30.4 Å². The fraction of sp³-hybridized carbons (Fsp3) is 0.556. The van der Waals surface area contributed by atoms with Gasteiger partial charge >= 0.3 is 5.97 Å². The molecule has 0 aliphatic rings. The Balaban J connectivity index is 1.90. The van der Waals surface area contributed by atoms with Crippen molar-refractivity contribution in [3.05, 3.63) is 17.5 Å². The van der Waals surface area contributed by atoms with Gasteiger partial charge in [-0.1, -0.05) is 17.8 Å². The Morgan fingerprint density at radius 3 is 2.52 bits per heavy atom. The van der Waals surface area contributed by atoms with Crippen LogP contribution < -0.4 is 0 Å². The third kappa shape index (κ3) is 5.55. The van der Waals surface area contributed by atoms with Crippen molar-refractivity contribution in [2.75, 3.05) is 12.4 Å². The van der Waals surface area contributed by atoms with Crippen molar-refractivity contribution in [2.24, 2.45) is 0 Å². The van der Waals surface area contributed by atoms with Crippen LogP contribution in [0.2, 0.25) is 0 Å². The lowest BCUT2D eigenvalue weighted by Gasteiger charge is -2.30. The molecule has 0 saturated heterocycles. The van der Waals surface area contributed by atoms with Crippen molar-refractivity contribution in [1.29, 1.82) is 0 Å². The Hall–Kier alpha value is -1.87. The number of carbonyl (C=O) groups excluding carboxylic acids is 2. The summed E-state index contributed by atoms with van der Waals surface area (Å²) in [6.07, 6.45) is 0. The summed E-state index contributed by atoms with van der Waals surface area (Å²) in [6.45, 7) is 10.2. The molecular weight excluding hydrogens is 384 g/mol. The summed E-state index contributed by atoms with van der Waals surface area (Å²) >= 11 is 2.86. The van der Waals surface area contributed by atoms with Crippen LogP contribution >= 0.6 is 23.1 Å². The minimum absolute atomic E-state index is 0.0596. The number of carbonyl (C=O) groups is 2. The standard InChI is InChI=1S/C18H26N4O3S2/c1-6-21-17(14-8-7-9-26-14)19-20-18(21)27-11-16(24)25-10-15(23)22(12(2)3)13(4)5/h7-9,12-13H,6,10-11H2,1-5H3. The molecule has 0 aliphatic carbocycles. The Bertz CT molecular complexity index is 749. The SMILES string of the molecule is CCn1c(SCC(=O)OCC(=O)N(C(C)C)C(C)C)nnc1-c1cccs1. The molecule has 2 heterocycles. The number of aromatic nitrogens is 3. The van der Waals surface area contributed by atoms with E-state index in [1.807, 2.05) is 56.7 Å². The zero-order chi connectivity index (χ0) is 20.0. The van der Waals surface area contributed by atoms with Crippen LogP contribution in [-0.2, 0) is 20.9 Å². The van der Waals surface area contributed by atoms with Crippen LogP contribution in [0.1, 0.15) is 34.6 Å². The van der Waals surface area contributed by atoms with E-state index in [9.17, 15) is 9.59 Å². The molecule has 2 aromatic heterocycles. The maximum Gasteiger partial charge on any atom is 0.316 e. The highest BCUT2D eigenvalue weighted by molar-refractivity contribution is 7.99. The van der Waals surface area contributed by atoms with Crippen LogP contribution in [0.4, 0.5) is 0 Å². The van der Waals surface area contributed by atoms with Gasteiger partial charge in [0.15, 0.2) is 17.6 Å². The molecule has 0 aliphatic heterocycles. The number of thiophene rings is 1. The lowest BCUT2D eigenvalue weighted by Crippen LogP contribution is -2.44. The van der Waals surface area contributed by atoms with E-state index in [4.69, 9.17) is 4.74 Å². The number of amides is 1. The minimum Gasteiger partial charge on any atom is -0.455 e. The average Bonchev–Trinajstić information content (AvgIpc) is 3.26. The molecule has 0 unspecified atom stereocenters. The van der Waals surface area contributed by atoms with Crippen molar-refractivity contribution in [3.8, 4) is 10.7 Å². The van der Waals surface area contributed by atoms with Crippen LogP contribution in [-0.4, -0.2) is 56.0 Å². The van der Waals surface area contributed by atoms with Crippen molar-refractivity contribution in [2.45, 2.75) is 58.4 Å². The number of hydrogen-bond donors (Lipinski definition) is 0. The van der Waals surface area contributed by atoms with Gasteiger partial charge in [-0.25, -0.2) is 0 Å². The lowest BCUT2D eigenvalue weighted by atomic mass is 10.2. The minimum atomic E-state index is -0.441. The van der Waals surface area contributed by atoms with E-state index in [1.54, 1.807) is 16.2 Å². The van der Waals surface area contributed by atoms with Gasteiger partial charge in [0.2, 0.25) is 0 Å². The van der Waals surface area contributed by atoms with Crippen molar-refractivity contribution >= 4 is 35.0 Å². The van der Waals surface area contributed by atoms with E-state index in [1.165, 1.54) is 11.8 Å². The number of thioether (sulfide) groups is 1. The molecule has 0 N–H and O–H groups in total. The Labute approximate surface area is 168 Å². The summed E-state index contributed by atoms with van der Waals surface area (Å²) in [5.41, 5.74) is 0. The third-order valence-corrected chi connectivity index (χ3v) is 5.66. The maximum absolute atomic E-state index is 12.3. The Morgan fingerprint density at radius 2 is 1.96 bits per heavy atom. The summed E-state index contributed by atoms with van der Waals surface area (Å²) in [6, 6.07) is 4.08. The molecule has 27 heavy (non-hydrogen) atoms. The molecule has 0 atom stereocenters. The second kappa shape index (κ2) is 9.89. The van der Waals surface area contributed by atoms with Crippen molar-refractivity contribution < 1.29 is 14.3 Å². The van der Waals surface area contributed by atoms with Gasteiger partial charge in [-0.05, 0) is 46.1 Å². The lowest BCUT2D eigenvalue weighted by molar-refractivity contribution is -0.151. The van der Waals surface area contributed by atoms with E-state index in [0.717, 1.165) is 10.7 Å². The van der Waals surface area contributed by atoms with Gasteiger partial charge in [0.1, 0.15) is 0 Å². The molecule has 0 saturated carbocycles. The molecule has 0 aromatic carbocycles. The van der Waals surface area contributed by atoms with Gasteiger partial charge in [0, 0.05) is 18.6 Å². The maximum atomic E-state index is 12.3. The van der Waals surface area contributed by atoms with Crippen LogP contribution in [0.3, 0.4) is 0 Å². The summed E-state index contributed by atoms with van der Waals surface area (Å²) in [5, 5.41) is 11.1. The molecule has 1 amide bonds. The second-order valence-corrected chi connectivity index (χ2v) is 8.36. The van der Waals surface area contributed by atoms with Gasteiger partial charge in [-0.2, -0.15) is 0 Å². The monoisotopic (exact) mass is 410 g/mol. The Kier molecular flexibility index (Phi) is 7.85. The molecule has 2 rings (SSSR count). The molecular formula is C18H26N4O3S2. The van der Waals surface area contributed by atoms with E-state index in [2.05, 4.69) is 10.2 Å². The van der Waals surface area contributed by atoms with Gasteiger partial charge in [-0.3, -0.25) is 9.59 Å². The molecule has 9 heteroatoms. The molecule has 0 bridgehead atoms. The van der Waals surface area contributed by atoms with E-state index >= 15 is 0 Å². The molecule has 0 spiro atoms. The van der Waals surface area contributed by atoms with Crippen molar-refractivity contribution in [1.82, 2.24) is 19.7 Å². The Morgan fingerprint density at radius 1 is 1.26 bits per heavy atom. The quantitative estimate of drug-likeness (QED) is 0.466. The molecule has 7 nitrogen and oxygen atoms in total. The molecule has 0 fully saturated rings. The molecule has 148 valence electrons. The first-order valence-electron chi connectivity index (χ1n) is 8.91. The van der Waals surface area contributed by atoms with Crippen LogP contribution in [0.5, 0.6) is 0 Å². The third-order valence-electron chi connectivity index (χ3n) is 3.85. The summed E-state index contributed by atoms with van der Waals surface area (Å²) in [5.74, 6) is 0.251. The van der Waals surface area contributed by atoms with Gasteiger partial charge in [0.25, 0.3) is 5.91 Å². The van der Waals surface area contributed by atoms with Gasteiger partial charge < -0.3 is 14.2 Å². The van der Waals surface area contributed by atoms with E-state index < -0.39 is 5.97 Å². The molecule has 0 radical (unpaired) electrons. The molecule has 2 aromatic rings. The predicted octanol–water partition coefficient (Wildman–Crippen LogP) is 3.31. The number of ether oxygens (including phenoxy) is 1. The first kappa shape index (κ1) is 21.4. The smallest absolute Gasteiger partial charge is 0.316 e. The number of hydrogen-bond acceptors (Lipinski definition) is 7. The average molecular weight is 411 g/mol. The zero-order valence-corrected chi connectivity index (χ0v) is 18.0. The number of esters is 1. The largest absolute Gasteiger partial charge is 0.455 e. The highest BCUT2D eigenvalue weighted by Crippen LogP contribution is 2.27. The number of rotatable bonds is 9. The normalized spacial score (nSPS) is 11.2. The highest BCUT2D eigenvalue weighted by Gasteiger charge is 2.22. The first-order chi connectivity index (χ1) is 12.8. The summed E-state index contributed by atoms with van der Waals surface area (Å²) in [4.78, 5) is 27.0. The van der Waals surface area contributed by atoms with Crippen LogP contribution in [0, 0.1) is 0 Å². The van der Waals surface area contributed by atoms with Crippen LogP contribution in [0.25, 0.3) is 10.7 Å². The zero-order valence-electron chi connectivity index (χ0n) is 16.3. The van der Waals surface area contributed by atoms with Gasteiger partial charge in [0.05, 0.1) is 10.6 Å².